The number of nitrogens with one attached hydrogen (secondary N) is 1. The van der Waals surface area contributed by atoms with Gasteiger partial charge in [0.1, 0.15) is 0 Å². The van der Waals surface area contributed by atoms with Crippen LogP contribution in [0.5, 0.6) is 0 Å². The van der Waals surface area contributed by atoms with Crippen molar-refractivity contribution in [3.8, 4) is 11.8 Å². The van der Waals surface area contributed by atoms with E-state index in [0.29, 0.717) is 0 Å². The van der Waals surface area contributed by atoms with Crippen LogP contribution in [-0.2, 0) is 0 Å². The average molecular weight is 165 g/mol. The van der Waals surface area contributed by atoms with Crippen molar-refractivity contribution in [2.75, 3.05) is 6.54 Å². The van der Waals surface area contributed by atoms with Gasteiger partial charge in [0.05, 0.1) is 0 Å². The lowest BCUT2D eigenvalue weighted by Gasteiger charge is -2.15. The maximum absolute atomic E-state index is 3.56. The van der Waals surface area contributed by atoms with Crippen molar-refractivity contribution in [3.63, 3.8) is 0 Å². The molecule has 0 aromatic heterocycles. The zero-order valence-electron chi connectivity index (χ0n) is 8.19. The Kier molecular flexibility index (Phi) is 4.18. The van der Waals surface area contributed by atoms with Crippen molar-refractivity contribution in [2.45, 2.75) is 45.6 Å². The van der Waals surface area contributed by atoms with Gasteiger partial charge in [0, 0.05) is 19.0 Å². The summed E-state index contributed by atoms with van der Waals surface area (Å²) in [6.45, 7) is 5.31. The van der Waals surface area contributed by atoms with Crippen LogP contribution < -0.4 is 5.32 Å². The van der Waals surface area contributed by atoms with Crippen LogP contribution in [0, 0.1) is 17.8 Å². The largest absolute Gasteiger partial charge is 0.313 e. The molecule has 0 aromatic carbocycles. The first-order valence-corrected chi connectivity index (χ1v) is 4.97. The summed E-state index contributed by atoms with van der Waals surface area (Å²) in [7, 11) is 0. The zero-order valence-corrected chi connectivity index (χ0v) is 8.19. The van der Waals surface area contributed by atoms with Crippen molar-refractivity contribution in [3.05, 3.63) is 0 Å². The molecule has 1 aliphatic carbocycles. The van der Waals surface area contributed by atoms with E-state index >= 15 is 0 Å². The van der Waals surface area contributed by atoms with Crippen LogP contribution in [0.2, 0.25) is 0 Å². The molecule has 0 heterocycles. The third kappa shape index (κ3) is 2.87. The van der Waals surface area contributed by atoms with E-state index in [2.05, 4.69) is 24.1 Å². The van der Waals surface area contributed by atoms with Gasteiger partial charge in [0.25, 0.3) is 0 Å². The Morgan fingerprint density at radius 1 is 1.42 bits per heavy atom. The summed E-state index contributed by atoms with van der Waals surface area (Å²) in [5.74, 6) is 6.86. The van der Waals surface area contributed by atoms with Gasteiger partial charge in [-0.2, -0.15) is 0 Å². The highest BCUT2D eigenvalue weighted by Crippen LogP contribution is 2.24. The van der Waals surface area contributed by atoms with Crippen molar-refractivity contribution < 1.29 is 0 Å². The normalized spacial score (nSPS) is 28.2. The monoisotopic (exact) mass is 165 g/mol. The molecular formula is C11H19N. The molecule has 0 amide bonds. The highest BCUT2D eigenvalue weighted by atomic mass is 14.9. The smallest absolute Gasteiger partial charge is 0.0214 e. The lowest BCUT2D eigenvalue weighted by atomic mass is 10.1. The number of hydrogen-bond donors (Lipinski definition) is 1. The van der Waals surface area contributed by atoms with Gasteiger partial charge < -0.3 is 5.32 Å². The molecule has 0 spiro atoms. The van der Waals surface area contributed by atoms with Gasteiger partial charge in [0.2, 0.25) is 0 Å². The van der Waals surface area contributed by atoms with Crippen molar-refractivity contribution in [1.29, 1.82) is 0 Å². The number of hydrogen-bond acceptors (Lipinski definition) is 1. The minimum atomic E-state index is 0.767. The maximum Gasteiger partial charge on any atom is 0.0214 e. The molecular weight excluding hydrogens is 146 g/mol. The lowest BCUT2D eigenvalue weighted by molar-refractivity contribution is 0.432. The first kappa shape index (κ1) is 9.61. The average Bonchev–Trinajstić information content (AvgIpc) is 2.46. The van der Waals surface area contributed by atoms with Crippen LogP contribution in [0.4, 0.5) is 0 Å². The first-order chi connectivity index (χ1) is 5.84. The summed E-state index contributed by atoms with van der Waals surface area (Å²) in [5.41, 5.74) is 0. The van der Waals surface area contributed by atoms with Gasteiger partial charge in [0.15, 0.2) is 0 Å². The van der Waals surface area contributed by atoms with Crippen LogP contribution in [0.15, 0.2) is 0 Å². The molecule has 0 aliphatic heterocycles. The minimum Gasteiger partial charge on any atom is -0.313 e. The molecule has 1 nitrogen and oxygen atoms in total. The van der Waals surface area contributed by atoms with Gasteiger partial charge >= 0.3 is 0 Å². The second-order valence-electron chi connectivity index (χ2n) is 3.65. The third-order valence-corrected chi connectivity index (χ3v) is 2.69. The SMILES string of the molecule is CC#CCCNC1CCCC1C. The van der Waals surface area contributed by atoms with E-state index < -0.39 is 0 Å². The van der Waals surface area contributed by atoms with Crippen LogP contribution in [-0.4, -0.2) is 12.6 Å². The van der Waals surface area contributed by atoms with E-state index in [0.717, 1.165) is 24.9 Å². The van der Waals surface area contributed by atoms with Gasteiger partial charge in [-0.05, 0) is 25.7 Å². The minimum absolute atomic E-state index is 0.767. The van der Waals surface area contributed by atoms with Crippen LogP contribution in [0.3, 0.4) is 0 Å². The van der Waals surface area contributed by atoms with E-state index in [9.17, 15) is 0 Å². The van der Waals surface area contributed by atoms with Gasteiger partial charge in [-0.1, -0.05) is 13.3 Å². The highest BCUT2D eigenvalue weighted by Gasteiger charge is 2.21. The zero-order chi connectivity index (χ0) is 8.81. The van der Waals surface area contributed by atoms with Gasteiger partial charge in [-0.15, -0.1) is 11.8 Å². The molecule has 1 saturated carbocycles. The Bertz CT molecular complexity index is 175. The predicted octanol–water partition coefficient (Wildman–Crippen LogP) is 2.18. The Morgan fingerprint density at radius 2 is 2.25 bits per heavy atom. The second-order valence-corrected chi connectivity index (χ2v) is 3.65. The molecule has 1 rings (SSSR count). The van der Waals surface area contributed by atoms with E-state index in [1.54, 1.807) is 0 Å². The van der Waals surface area contributed by atoms with Crippen molar-refractivity contribution >= 4 is 0 Å². The molecule has 1 aliphatic rings. The Hall–Kier alpha value is -0.480. The Balaban J connectivity index is 2.08. The number of rotatable bonds is 3. The molecule has 0 radical (unpaired) electrons. The van der Waals surface area contributed by atoms with E-state index in [1.807, 2.05) is 6.92 Å². The summed E-state index contributed by atoms with van der Waals surface area (Å²) in [6, 6.07) is 0.767. The summed E-state index contributed by atoms with van der Waals surface area (Å²) in [4.78, 5) is 0. The topological polar surface area (TPSA) is 12.0 Å². The fourth-order valence-electron chi connectivity index (χ4n) is 1.89. The summed E-state index contributed by atoms with van der Waals surface area (Å²) < 4.78 is 0. The predicted molar refractivity (Wildman–Crippen MR) is 52.9 cm³/mol. The van der Waals surface area contributed by atoms with Crippen LogP contribution in [0.1, 0.15) is 39.5 Å². The molecule has 2 atom stereocenters. The van der Waals surface area contributed by atoms with E-state index in [-0.39, 0.29) is 0 Å². The molecule has 0 aromatic rings. The fourth-order valence-corrected chi connectivity index (χ4v) is 1.89. The van der Waals surface area contributed by atoms with E-state index in [4.69, 9.17) is 0 Å². The van der Waals surface area contributed by atoms with Gasteiger partial charge in [-0.3, -0.25) is 0 Å². The summed E-state index contributed by atoms with van der Waals surface area (Å²) in [5, 5.41) is 3.56. The van der Waals surface area contributed by atoms with Crippen LogP contribution >= 0.6 is 0 Å². The summed E-state index contributed by atoms with van der Waals surface area (Å²) in [6.07, 6.45) is 5.16. The van der Waals surface area contributed by atoms with E-state index in [1.165, 1.54) is 19.3 Å². The van der Waals surface area contributed by atoms with Crippen LogP contribution in [0.25, 0.3) is 0 Å². The Labute approximate surface area is 75.9 Å². The maximum atomic E-state index is 3.56. The first-order valence-electron chi connectivity index (χ1n) is 4.97. The quantitative estimate of drug-likeness (QED) is 0.499. The highest BCUT2D eigenvalue weighted by molar-refractivity contribution is 4.95. The molecule has 68 valence electrons. The summed E-state index contributed by atoms with van der Waals surface area (Å²) >= 11 is 0. The van der Waals surface area contributed by atoms with Gasteiger partial charge in [-0.25, -0.2) is 0 Å². The molecule has 2 unspecified atom stereocenters. The van der Waals surface area contributed by atoms with Crippen molar-refractivity contribution in [1.82, 2.24) is 5.32 Å². The fraction of sp³-hybridized carbons (Fsp3) is 0.818. The molecule has 1 N–H and O–H groups in total. The standard InChI is InChI=1S/C11H19N/c1-3-4-5-9-12-11-8-6-7-10(11)2/h10-12H,5-9H2,1-2H3. The van der Waals surface area contributed by atoms with Crippen molar-refractivity contribution in [2.24, 2.45) is 5.92 Å². The molecule has 0 bridgehead atoms. The third-order valence-electron chi connectivity index (χ3n) is 2.69. The second kappa shape index (κ2) is 5.22. The molecule has 1 fully saturated rings. The Morgan fingerprint density at radius 3 is 2.83 bits per heavy atom. The molecule has 12 heavy (non-hydrogen) atoms. The molecule has 0 saturated heterocycles. The molecule has 1 heteroatoms. The lowest BCUT2D eigenvalue weighted by Crippen LogP contribution is -2.31.